The van der Waals surface area contributed by atoms with Crippen LogP contribution in [0.5, 0.6) is 0 Å². The lowest BCUT2D eigenvalue weighted by atomic mass is 10.2. The third-order valence-corrected chi connectivity index (χ3v) is 4.21. The third kappa shape index (κ3) is 2.31. The molecule has 108 valence electrons. The fourth-order valence-electron chi connectivity index (χ4n) is 2.66. The fraction of sp³-hybridized carbons (Fsp3) is 0.250. The van der Waals surface area contributed by atoms with Gasteiger partial charge >= 0.3 is 0 Å². The highest BCUT2D eigenvalue weighted by Gasteiger charge is 2.16. The van der Waals surface area contributed by atoms with Gasteiger partial charge in [-0.15, -0.1) is 0 Å². The van der Waals surface area contributed by atoms with Gasteiger partial charge in [0.1, 0.15) is 11.5 Å². The lowest BCUT2D eigenvalue weighted by Crippen LogP contribution is -2.02. The van der Waals surface area contributed by atoms with Crippen molar-refractivity contribution >= 4 is 22.8 Å². The van der Waals surface area contributed by atoms with Crippen molar-refractivity contribution in [3.63, 3.8) is 0 Å². The summed E-state index contributed by atoms with van der Waals surface area (Å²) >= 11 is 1.50. The van der Waals surface area contributed by atoms with E-state index in [1.54, 1.807) is 12.1 Å². The molecule has 0 N–H and O–H groups in total. The molecule has 0 aliphatic heterocycles. The van der Waals surface area contributed by atoms with Crippen molar-refractivity contribution < 1.29 is 4.39 Å². The SMILES string of the molecule is CCc1c(C)c2cnc(SC)nc2n1-c1cccc(F)c1. The van der Waals surface area contributed by atoms with Crippen molar-refractivity contribution in [1.82, 2.24) is 14.5 Å². The molecule has 3 rings (SSSR count). The monoisotopic (exact) mass is 301 g/mol. The number of aryl methyl sites for hydroxylation is 1. The summed E-state index contributed by atoms with van der Waals surface area (Å²) in [6, 6.07) is 6.62. The number of fused-ring (bicyclic) bond motifs is 1. The zero-order chi connectivity index (χ0) is 15.0. The van der Waals surface area contributed by atoms with Crippen LogP contribution in [0.4, 0.5) is 4.39 Å². The lowest BCUT2D eigenvalue weighted by molar-refractivity contribution is 0.626. The first kappa shape index (κ1) is 14.1. The summed E-state index contributed by atoms with van der Waals surface area (Å²) in [6.45, 7) is 4.17. The van der Waals surface area contributed by atoms with Crippen molar-refractivity contribution in [3.05, 3.63) is 47.5 Å². The molecule has 5 heteroatoms. The first-order chi connectivity index (χ1) is 10.2. The Kier molecular flexibility index (Phi) is 3.68. The number of rotatable bonds is 3. The van der Waals surface area contributed by atoms with Gasteiger partial charge in [-0.05, 0) is 43.4 Å². The van der Waals surface area contributed by atoms with Crippen LogP contribution >= 0.6 is 11.8 Å². The maximum absolute atomic E-state index is 13.6. The van der Waals surface area contributed by atoms with Gasteiger partial charge < -0.3 is 0 Å². The molecule has 3 nitrogen and oxygen atoms in total. The zero-order valence-corrected chi connectivity index (χ0v) is 13.0. The maximum Gasteiger partial charge on any atom is 0.189 e. The van der Waals surface area contributed by atoms with Gasteiger partial charge in [0.15, 0.2) is 5.16 Å². The maximum atomic E-state index is 13.6. The minimum atomic E-state index is -0.242. The van der Waals surface area contributed by atoms with Crippen molar-refractivity contribution in [2.24, 2.45) is 0 Å². The normalized spacial score (nSPS) is 11.2. The highest BCUT2D eigenvalue weighted by atomic mass is 32.2. The predicted molar refractivity (Wildman–Crippen MR) is 84.7 cm³/mol. The molecule has 2 heterocycles. The average Bonchev–Trinajstić information content (AvgIpc) is 2.79. The molecule has 2 aromatic heterocycles. The van der Waals surface area contributed by atoms with Crippen molar-refractivity contribution in [2.75, 3.05) is 6.26 Å². The van der Waals surface area contributed by atoms with E-state index in [0.717, 1.165) is 39.6 Å². The van der Waals surface area contributed by atoms with Crippen LogP contribution in [0.2, 0.25) is 0 Å². The number of halogens is 1. The summed E-state index contributed by atoms with van der Waals surface area (Å²) in [5, 5.41) is 1.74. The fourth-order valence-corrected chi connectivity index (χ4v) is 2.99. The van der Waals surface area contributed by atoms with E-state index in [1.165, 1.54) is 17.8 Å². The highest BCUT2D eigenvalue weighted by molar-refractivity contribution is 7.98. The van der Waals surface area contributed by atoms with E-state index in [9.17, 15) is 4.39 Å². The molecule has 0 radical (unpaired) electrons. The van der Waals surface area contributed by atoms with Gasteiger partial charge in [-0.3, -0.25) is 4.57 Å². The molecule has 1 aromatic carbocycles. The first-order valence-electron chi connectivity index (χ1n) is 6.82. The molecule has 0 saturated carbocycles. The van der Waals surface area contributed by atoms with E-state index >= 15 is 0 Å². The predicted octanol–water partition coefficient (Wildman–Crippen LogP) is 4.15. The molecule has 21 heavy (non-hydrogen) atoms. The Balaban J connectivity index is 2.38. The first-order valence-corrected chi connectivity index (χ1v) is 8.05. The lowest BCUT2D eigenvalue weighted by Gasteiger charge is -2.10. The average molecular weight is 301 g/mol. The quantitative estimate of drug-likeness (QED) is 0.538. The Labute approximate surface area is 127 Å². The smallest absolute Gasteiger partial charge is 0.189 e. The van der Waals surface area contributed by atoms with Gasteiger partial charge in [0.2, 0.25) is 0 Å². The van der Waals surface area contributed by atoms with E-state index in [4.69, 9.17) is 0 Å². The number of thioether (sulfide) groups is 1. The number of hydrogen-bond acceptors (Lipinski definition) is 3. The Hall–Kier alpha value is -1.88. The van der Waals surface area contributed by atoms with Crippen LogP contribution in [0.15, 0.2) is 35.6 Å². The Morgan fingerprint density at radius 1 is 1.33 bits per heavy atom. The summed E-state index contributed by atoms with van der Waals surface area (Å²) in [5.41, 5.74) is 3.94. The van der Waals surface area contributed by atoms with E-state index < -0.39 is 0 Å². The van der Waals surface area contributed by atoms with Crippen LogP contribution < -0.4 is 0 Å². The Morgan fingerprint density at radius 3 is 2.81 bits per heavy atom. The van der Waals surface area contributed by atoms with Crippen LogP contribution in [0, 0.1) is 12.7 Å². The Bertz CT molecular complexity index is 811. The van der Waals surface area contributed by atoms with Gasteiger partial charge in [-0.2, -0.15) is 0 Å². The van der Waals surface area contributed by atoms with Crippen molar-refractivity contribution in [3.8, 4) is 5.69 Å². The largest absolute Gasteiger partial charge is 0.298 e. The van der Waals surface area contributed by atoms with Crippen LogP contribution in [0.3, 0.4) is 0 Å². The molecule has 3 aromatic rings. The number of nitrogens with zero attached hydrogens (tertiary/aromatic N) is 3. The molecular formula is C16H16FN3S. The van der Waals surface area contributed by atoms with E-state index in [-0.39, 0.29) is 5.82 Å². The summed E-state index contributed by atoms with van der Waals surface area (Å²) in [4.78, 5) is 8.97. The number of hydrogen-bond donors (Lipinski definition) is 0. The number of benzene rings is 1. The van der Waals surface area contributed by atoms with Crippen LogP contribution in [0.1, 0.15) is 18.2 Å². The van der Waals surface area contributed by atoms with Crippen LogP contribution in [-0.4, -0.2) is 20.8 Å². The molecule has 0 fully saturated rings. The minimum Gasteiger partial charge on any atom is -0.298 e. The summed E-state index contributed by atoms with van der Waals surface area (Å²) in [5.74, 6) is -0.242. The van der Waals surface area contributed by atoms with Gasteiger partial charge in [-0.25, -0.2) is 14.4 Å². The zero-order valence-electron chi connectivity index (χ0n) is 12.2. The molecule has 0 aliphatic carbocycles. The Morgan fingerprint density at radius 2 is 2.14 bits per heavy atom. The second-order valence-electron chi connectivity index (χ2n) is 4.83. The number of aromatic nitrogens is 3. The molecule has 0 unspecified atom stereocenters. The molecular weight excluding hydrogens is 285 g/mol. The topological polar surface area (TPSA) is 30.7 Å². The van der Waals surface area contributed by atoms with Crippen LogP contribution in [-0.2, 0) is 6.42 Å². The standard InChI is InChI=1S/C16H16FN3S/c1-4-14-10(2)13-9-18-16(21-3)19-15(13)20(14)12-7-5-6-11(17)8-12/h5-9H,4H2,1-3H3. The molecule has 0 atom stereocenters. The molecule has 0 saturated heterocycles. The highest BCUT2D eigenvalue weighted by Crippen LogP contribution is 2.29. The summed E-state index contributed by atoms with van der Waals surface area (Å²) in [6.07, 6.45) is 4.66. The van der Waals surface area contributed by atoms with Crippen molar-refractivity contribution in [2.45, 2.75) is 25.4 Å². The van der Waals surface area contributed by atoms with Gasteiger partial charge in [0.25, 0.3) is 0 Å². The molecule has 0 amide bonds. The minimum absolute atomic E-state index is 0.242. The van der Waals surface area contributed by atoms with Gasteiger partial charge in [0.05, 0.1) is 5.69 Å². The van der Waals surface area contributed by atoms with Gasteiger partial charge in [0, 0.05) is 17.3 Å². The van der Waals surface area contributed by atoms with E-state index in [1.807, 2.05) is 23.1 Å². The molecule has 0 bridgehead atoms. The summed E-state index contributed by atoms with van der Waals surface area (Å²) in [7, 11) is 0. The van der Waals surface area contributed by atoms with Crippen molar-refractivity contribution in [1.29, 1.82) is 0 Å². The second kappa shape index (κ2) is 5.48. The van der Waals surface area contributed by atoms with E-state index in [2.05, 4.69) is 23.8 Å². The van der Waals surface area contributed by atoms with Gasteiger partial charge in [-0.1, -0.05) is 24.8 Å². The summed E-state index contributed by atoms with van der Waals surface area (Å²) < 4.78 is 15.6. The van der Waals surface area contributed by atoms with E-state index in [0.29, 0.717) is 0 Å². The van der Waals surface area contributed by atoms with Crippen LogP contribution in [0.25, 0.3) is 16.7 Å². The molecule has 0 aliphatic rings. The second-order valence-corrected chi connectivity index (χ2v) is 5.61. The molecule has 0 spiro atoms. The third-order valence-electron chi connectivity index (χ3n) is 3.65.